The van der Waals surface area contributed by atoms with E-state index in [2.05, 4.69) is 52.6 Å². The quantitative estimate of drug-likeness (QED) is 0.460. The van der Waals surface area contributed by atoms with E-state index in [4.69, 9.17) is 4.43 Å². The second-order valence-corrected chi connectivity index (χ2v) is 14.2. The van der Waals surface area contributed by atoms with Gasteiger partial charge in [0.05, 0.1) is 0 Å². The van der Waals surface area contributed by atoms with Gasteiger partial charge in [0.15, 0.2) is 0 Å². The third-order valence-electron chi connectivity index (χ3n) is 7.83. The summed E-state index contributed by atoms with van der Waals surface area (Å²) in [6.45, 7) is 17.2. The van der Waals surface area contributed by atoms with Gasteiger partial charge >= 0.3 is 0 Å². The summed E-state index contributed by atoms with van der Waals surface area (Å²) in [5, 5.41) is 11.2. The first kappa shape index (κ1) is 21.2. The molecule has 1 N–H and O–H groups in total. The summed E-state index contributed by atoms with van der Waals surface area (Å²) in [7, 11) is -1.35. The van der Waals surface area contributed by atoms with Gasteiger partial charge in [-0.25, -0.2) is 0 Å². The van der Waals surface area contributed by atoms with E-state index < -0.39 is 14.6 Å². The van der Waals surface area contributed by atoms with Gasteiger partial charge in [0, 0.05) is 16.5 Å². The largest absolute Gasteiger partial charge is 0.547 e. The minimum Gasteiger partial charge on any atom is -0.547 e. The van der Waals surface area contributed by atoms with Crippen molar-refractivity contribution in [3.63, 3.8) is 0 Å². The molecule has 0 radical (unpaired) electrons. The standard InChI is InChI=1S/C26H40O2Si/c1-8-25(5,27)21-10-9-20(24(2,3)4)22(23(21)28-29(6)7)26-14-17-11-18(15-26)13-19(12-17)16-26/h8-10,17-19,27,29H,1,11-16H2,2-7H3. The molecular weight excluding hydrogens is 372 g/mol. The average Bonchev–Trinajstić information content (AvgIpc) is 2.58. The second-order valence-electron chi connectivity index (χ2n) is 11.8. The molecule has 160 valence electrons. The maximum Gasteiger partial charge on any atom is 0.229 e. The van der Waals surface area contributed by atoms with E-state index in [0.717, 1.165) is 29.1 Å². The highest BCUT2D eigenvalue weighted by molar-refractivity contribution is 6.49. The number of hydrogen-bond acceptors (Lipinski definition) is 2. The van der Waals surface area contributed by atoms with Crippen LogP contribution in [0.3, 0.4) is 0 Å². The van der Waals surface area contributed by atoms with Crippen LogP contribution in [0.4, 0.5) is 0 Å². The van der Waals surface area contributed by atoms with E-state index in [1.165, 1.54) is 49.7 Å². The van der Waals surface area contributed by atoms with E-state index >= 15 is 0 Å². The van der Waals surface area contributed by atoms with Crippen molar-refractivity contribution >= 4 is 9.04 Å². The van der Waals surface area contributed by atoms with Crippen LogP contribution in [-0.2, 0) is 16.4 Å². The van der Waals surface area contributed by atoms with Crippen molar-refractivity contribution < 1.29 is 9.53 Å². The zero-order chi connectivity index (χ0) is 21.2. The Hall–Kier alpha value is -1.06. The van der Waals surface area contributed by atoms with Crippen molar-refractivity contribution in [2.75, 3.05) is 0 Å². The topological polar surface area (TPSA) is 29.5 Å². The van der Waals surface area contributed by atoms with Gasteiger partial charge in [0.25, 0.3) is 0 Å². The van der Waals surface area contributed by atoms with Crippen LogP contribution < -0.4 is 4.43 Å². The lowest BCUT2D eigenvalue weighted by molar-refractivity contribution is -0.00683. The van der Waals surface area contributed by atoms with Gasteiger partial charge in [0.2, 0.25) is 9.04 Å². The first-order valence-corrected chi connectivity index (χ1v) is 14.4. The Kier molecular flexibility index (Phi) is 5.10. The molecule has 0 amide bonds. The van der Waals surface area contributed by atoms with Crippen LogP contribution in [0.15, 0.2) is 24.8 Å². The molecule has 0 heterocycles. The first-order chi connectivity index (χ1) is 13.4. The van der Waals surface area contributed by atoms with E-state index in [9.17, 15) is 5.11 Å². The van der Waals surface area contributed by atoms with Crippen LogP contribution in [0.1, 0.15) is 82.9 Å². The highest BCUT2D eigenvalue weighted by Crippen LogP contribution is 2.63. The lowest BCUT2D eigenvalue weighted by atomic mass is 9.47. The van der Waals surface area contributed by atoms with Crippen LogP contribution in [-0.4, -0.2) is 14.1 Å². The van der Waals surface area contributed by atoms with Crippen LogP contribution in [0, 0.1) is 17.8 Å². The monoisotopic (exact) mass is 412 g/mol. The lowest BCUT2D eigenvalue weighted by Crippen LogP contribution is -2.49. The van der Waals surface area contributed by atoms with E-state index in [0.29, 0.717) is 0 Å². The summed E-state index contributed by atoms with van der Waals surface area (Å²) < 4.78 is 6.72. The molecule has 4 saturated carbocycles. The van der Waals surface area contributed by atoms with Gasteiger partial charge in [-0.15, -0.1) is 0 Å². The molecule has 4 bridgehead atoms. The highest BCUT2D eigenvalue weighted by atomic mass is 28.3. The Morgan fingerprint density at radius 1 is 1.00 bits per heavy atom. The molecule has 0 aromatic heterocycles. The summed E-state index contributed by atoms with van der Waals surface area (Å²) in [5.74, 6) is 3.64. The Morgan fingerprint density at radius 2 is 1.48 bits per heavy atom. The van der Waals surface area contributed by atoms with Crippen molar-refractivity contribution in [1.29, 1.82) is 0 Å². The van der Waals surface area contributed by atoms with Gasteiger partial charge < -0.3 is 9.53 Å². The van der Waals surface area contributed by atoms with Crippen LogP contribution in [0.2, 0.25) is 13.1 Å². The minimum atomic E-state index is -1.35. The maximum absolute atomic E-state index is 11.2. The summed E-state index contributed by atoms with van der Waals surface area (Å²) in [4.78, 5) is 0. The molecule has 2 nitrogen and oxygen atoms in total. The fourth-order valence-electron chi connectivity index (χ4n) is 7.02. The number of hydrogen-bond donors (Lipinski definition) is 1. The SMILES string of the molecule is C=CC(C)(O)c1ccc(C(C)(C)C)c(C23CC4CC(CC(C4)C2)C3)c1O[SiH](C)C. The Balaban J connectivity index is 1.99. The third kappa shape index (κ3) is 3.63. The molecule has 0 saturated heterocycles. The van der Waals surface area contributed by atoms with Crippen molar-refractivity contribution in [1.82, 2.24) is 0 Å². The average molecular weight is 413 g/mol. The molecular formula is C26H40O2Si. The fourth-order valence-corrected chi connectivity index (χ4v) is 7.73. The van der Waals surface area contributed by atoms with Gasteiger partial charge in [-0.3, -0.25) is 0 Å². The lowest BCUT2D eigenvalue weighted by Gasteiger charge is -2.58. The number of rotatable bonds is 5. The molecule has 1 aromatic rings. The number of aliphatic hydroxyl groups is 1. The highest BCUT2D eigenvalue weighted by Gasteiger charge is 2.54. The molecule has 1 atom stereocenters. The maximum atomic E-state index is 11.2. The van der Waals surface area contributed by atoms with Crippen LogP contribution in [0.25, 0.3) is 0 Å². The van der Waals surface area contributed by atoms with Crippen LogP contribution in [0.5, 0.6) is 5.75 Å². The molecule has 0 spiro atoms. The van der Waals surface area contributed by atoms with E-state index in [-0.39, 0.29) is 10.8 Å². The van der Waals surface area contributed by atoms with Crippen molar-refractivity contribution in [3.05, 3.63) is 41.5 Å². The zero-order valence-corrected chi connectivity index (χ0v) is 20.5. The predicted molar refractivity (Wildman–Crippen MR) is 124 cm³/mol. The zero-order valence-electron chi connectivity index (χ0n) is 19.3. The van der Waals surface area contributed by atoms with E-state index in [1.807, 2.05) is 6.92 Å². The summed E-state index contributed by atoms with van der Waals surface area (Å²) >= 11 is 0. The van der Waals surface area contributed by atoms with E-state index in [1.54, 1.807) is 6.08 Å². The molecule has 5 rings (SSSR count). The van der Waals surface area contributed by atoms with Crippen molar-refractivity contribution in [2.45, 2.75) is 95.7 Å². The summed E-state index contributed by atoms with van der Waals surface area (Å²) in [6, 6.07) is 4.40. The third-order valence-corrected chi connectivity index (χ3v) is 8.54. The molecule has 0 aliphatic heterocycles. The summed E-state index contributed by atoms with van der Waals surface area (Å²) in [5.41, 5.74) is 2.98. The molecule has 4 aliphatic rings. The number of benzene rings is 1. The Bertz CT molecular complexity index is 764. The van der Waals surface area contributed by atoms with Gasteiger partial charge in [-0.1, -0.05) is 45.6 Å². The predicted octanol–water partition coefficient (Wildman–Crippen LogP) is 6.21. The van der Waals surface area contributed by atoms with Crippen molar-refractivity contribution in [2.24, 2.45) is 17.8 Å². The smallest absolute Gasteiger partial charge is 0.229 e. The minimum absolute atomic E-state index is 0.0495. The Morgan fingerprint density at radius 3 is 1.90 bits per heavy atom. The summed E-state index contributed by atoms with van der Waals surface area (Å²) in [6.07, 6.45) is 9.88. The fraction of sp³-hybridized carbons (Fsp3) is 0.692. The molecule has 1 unspecified atom stereocenters. The van der Waals surface area contributed by atoms with Crippen molar-refractivity contribution in [3.8, 4) is 5.75 Å². The van der Waals surface area contributed by atoms with Gasteiger partial charge in [-0.2, -0.15) is 0 Å². The Labute approximate surface area is 179 Å². The van der Waals surface area contributed by atoms with Gasteiger partial charge in [0.1, 0.15) is 11.4 Å². The van der Waals surface area contributed by atoms with Crippen LogP contribution >= 0.6 is 0 Å². The normalized spacial score (nSPS) is 33.0. The molecule has 29 heavy (non-hydrogen) atoms. The first-order valence-electron chi connectivity index (χ1n) is 11.7. The molecule has 4 aliphatic carbocycles. The molecule has 3 heteroatoms. The molecule has 1 aromatic carbocycles. The second kappa shape index (κ2) is 6.98. The van der Waals surface area contributed by atoms with Gasteiger partial charge in [-0.05, 0) is 87.3 Å². The molecule has 4 fully saturated rings.